The van der Waals surface area contributed by atoms with Crippen LogP contribution in [0.15, 0.2) is 18.2 Å². The molecule has 1 aliphatic heterocycles. The zero-order valence-electron chi connectivity index (χ0n) is 11.6. The van der Waals surface area contributed by atoms with Crippen molar-refractivity contribution in [3.8, 4) is 5.75 Å². The van der Waals surface area contributed by atoms with Gasteiger partial charge in [-0.05, 0) is 24.6 Å². The molecule has 0 bridgehead atoms. The van der Waals surface area contributed by atoms with E-state index in [1.165, 1.54) is 4.90 Å². The fraction of sp³-hybridized carbons (Fsp3) is 0.462. The van der Waals surface area contributed by atoms with Crippen molar-refractivity contribution in [3.63, 3.8) is 0 Å². The first kappa shape index (κ1) is 16.1. The molecule has 1 atom stereocenters. The quantitative estimate of drug-likeness (QED) is 0.885. The number of anilines is 1. The SMILES string of the molecule is CCCOc1ccc(Cl)cc1N1CC(S(N)(=O)=O)CC1=O. The molecule has 1 saturated heterocycles. The van der Waals surface area contributed by atoms with Gasteiger partial charge in [0.05, 0.1) is 12.3 Å². The molecule has 1 heterocycles. The summed E-state index contributed by atoms with van der Waals surface area (Å²) < 4.78 is 28.4. The van der Waals surface area contributed by atoms with Gasteiger partial charge in [-0.2, -0.15) is 0 Å². The number of hydrogen-bond acceptors (Lipinski definition) is 4. The molecule has 0 radical (unpaired) electrons. The Labute approximate surface area is 128 Å². The van der Waals surface area contributed by atoms with Gasteiger partial charge < -0.3 is 9.64 Å². The van der Waals surface area contributed by atoms with Crippen molar-refractivity contribution in [2.75, 3.05) is 18.1 Å². The van der Waals surface area contributed by atoms with E-state index < -0.39 is 15.3 Å². The van der Waals surface area contributed by atoms with Crippen molar-refractivity contribution in [2.45, 2.75) is 25.0 Å². The number of sulfonamides is 1. The molecule has 0 saturated carbocycles. The molecule has 8 heteroatoms. The number of nitrogens with zero attached hydrogens (tertiary/aromatic N) is 1. The Balaban J connectivity index is 2.33. The van der Waals surface area contributed by atoms with E-state index in [0.29, 0.717) is 23.1 Å². The summed E-state index contributed by atoms with van der Waals surface area (Å²) in [4.78, 5) is 13.4. The van der Waals surface area contributed by atoms with Crippen LogP contribution in [0, 0.1) is 0 Å². The largest absolute Gasteiger partial charge is 0.491 e. The monoisotopic (exact) mass is 332 g/mol. The fourth-order valence-electron chi connectivity index (χ4n) is 2.16. The maximum Gasteiger partial charge on any atom is 0.228 e. The summed E-state index contributed by atoms with van der Waals surface area (Å²) in [6, 6.07) is 4.93. The van der Waals surface area contributed by atoms with E-state index in [1.54, 1.807) is 18.2 Å². The maximum absolute atomic E-state index is 12.1. The van der Waals surface area contributed by atoms with E-state index in [0.717, 1.165) is 6.42 Å². The van der Waals surface area contributed by atoms with E-state index in [-0.39, 0.29) is 18.9 Å². The van der Waals surface area contributed by atoms with Crippen LogP contribution >= 0.6 is 11.6 Å². The molecule has 2 N–H and O–H groups in total. The van der Waals surface area contributed by atoms with Gasteiger partial charge >= 0.3 is 0 Å². The topological polar surface area (TPSA) is 89.7 Å². The Bertz CT molecular complexity index is 648. The van der Waals surface area contributed by atoms with Crippen LogP contribution in [-0.2, 0) is 14.8 Å². The van der Waals surface area contributed by atoms with Gasteiger partial charge in [0.2, 0.25) is 15.9 Å². The molecule has 1 aromatic carbocycles. The zero-order chi connectivity index (χ0) is 15.6. The van der Waals surface area contributed by atoms with Crippen molar-refractivity contribution in [2.24, 2.45) is 5.14 Å². The summed E-state index contributed by atoms with van der Waals surface area (Å²) in [5.74, 6) is 0.197. The lowest BCUT2D eigenvalue weighted by atomic mass is 10.2. The number of benzene rings is 1. The number of carbonyl (C=O) groups excluding carboxylic acids is 1. The maximum atomic E-state index is 12.1. The van der Waals surface area contributed by atoms with Gasteiger partial charge in [0.25, 0.3) is 0 Å². The van der Waals surface area contributed by atoms with Gasteiger partial charge in [-0.1, -0.05) is 18.5 Å². The summed E-state index contributed by atoms with van der Waals surface area (Å²) in [6.07, 6.45) is 0.689. The first-order valence-electron chi connectivity index (χ1n) is 6.57. The molecule has 0 aromatic heterocycles. The molecule has 6 nitrogen and oxygen atoms in total. The van der Waals surface area contributed by atoms with Gasteiger partial charge in [0, 0.05) is 18.0 Å². The second kappa shape index (κ2) is 6.21. The Hall–Kier alpha value is -1.31. The standard InChI is InChI=1S/C13H17ClN2O4S/c1-2-5-20-12-4-3-9(14)6-11(12)16-8-10(7-13(16)17)21(15,18)19/h3-4,6,10H,2,5,7-8H2,1H3,(H2,15,18,19). The number of carbonyl (C=O) groups is 1. The summed E-state index contributed by atoms with van der Waals surface area (Å²) in [7, 11) is -3.75. The van der Waals surface area contributed by atoms with Gasteiger partial charge in [0.1, 0.15) is 11.0 Å². The van der Waals surface area contributed by atoms with E-state index in [4.69, 9.17) is 21.5 Å². The van der Waals surface area contributed by atoms with Crippen LogP contribution in [0.3, 0.4) is 0 Å². The Morgan fingerprint density at radius 1 is 1.48 bits per heavy atom. The number of amides is 1. The Morgan fingerprint density at radius 3 is 2.76 bits per heavy atom. The lowest BCUT2D eigenvalue weighted by Crippen LogP contribution is -2.32. The fourth-order valence-corrected chi connectivity index (χ4v) is 3.06. The van der Waals surface area contributed by atoms with Crippen LogP contribution in [0.5, 0.6) is 5.75 Å². The normalized spacial score (nSPS) is 19.1. The highest BCUT2D eigenvalue weighted by molar-refractivity contribution is 7.89. The minimum absolute atomic E-state index is 0.0144. The molecule has 0 aliphatic carbocycles. The van der Waals surface area contributed by atoms with E-state index in [2.05, 4.69) is 0 Å². The average Bonchev–Trinajstić information content (AvgIpc) is 2.79. The van der Waals surface area contributed by atoms with Crippen LogP contribution < -0.4 is 14.8 Å². The van der Waals surface area contributed by atoms with Crippen LogP contribution in [0.2, 0.25) is 5.02 Å². The molecule has 1 aliphatic rings. The highest BCUT2D eigenvalue weighted by Gasteiger charge is 2.38. The third kappa shape index (κ3) is 3.66. The van der Waals surface area contributed by atoms with Gasteiger partial charge in [0.15, 0.2) is 0 Å². The van der Waals surface area contributed by atoms with E-state index in [1.807, 2.05) is 6.92 Å². The van der Waals surface area contributed by atoms with Crippen LogP contribution in [0.1, 0.15) is 19.8 Å². The first-order chi connectivity index (χ1) is 9.82. The minimum atomic E-state index is -3.75. The second-order valence-electron chi connectivity index (χ2n) is 4.88. The molecule has 1 aromatic rings. The van der Waals surface area contributed by atoms with Crippen LogP contribution in [0.4, 0.5) is 5.69 Å². The second-order valence-corrected chi connectivity index (χ2v) is 7.16. The molecular formula is C13H17ClN2O4S. The van der Waals surface area contributed by atoms with Gasteiger partial charge in [-0.25, -0.2) is 13.6 Å². The summed E-state index contributed by atoms with van der Waals surface area (Å²) in [5, 5.41) is 4.67. The lowest BCUT2D eigenvalue weighted by Gasteiger charge is -2.20. The third-order valence-corrected chi connectivity index (χ3v) is 4.71. The zero-order valence-corrected chi connectivity index (χ0v) is 13.2. The number of nitrogens with two attached hydrogens (primary N) is 1. The summed E-state index contributed by atoms with van der Waals surface area (Å²) in [5.41, 5.74) is 0.479. The van der Waals surface area contributed by atoms with Crippen molar-refractivity contribution in [3.05, 3.63) is 23.2 Å². The molecule has 0 spiro atoms. The highest BCUT2D eigenvalue weighted by Crippen LogP contribution is 2.35. The minimum Gasteiger partial charge on any atom is -0.491 e. The van der Waals surface area contributed by atoms with E-state index in [9.17, 15) is 13.2 Å². The van der Waals surface area contributed by atoms with Crippen molar-refractivity contribution in [1.29, 1.82) is 0 Å². The van der Waals surface area contributed by atoms with Crippen LogP contribution in [-0.4, -0.2) is 32.7 Å². The van der Waals surface area contributed by atoms with Crippen molar-refractivity contribution >= 4 is 33.2 Å². The molecule has 1 fully saturated rings. The van der Waals surface area contributed by atoms with Gasteiger partial charge in [-0.15, -0.1) is 0 Å². The molecule has 116 valence electrons. The number of ether oxygens (including phenoxy) is 1. The molecule has 21 heavy (non-hydrogen) atoms. The number of halogens is 1. The predicted octanol–water partition coefficient (Wildman–Crippen LogP) is 1.52. The van der Waals surface area contributed by atoms with E-state index >= 15 is 0 Å². The van der Waals surface area contributed by atoms with Gasteiger partial charge in [-0.3, -0.25) is 4.79 Å². The molecule has 1 amide bonds. The van der Waals surface area contributed by atoms with Crippen molar-refractivity contribution in [1.82, 2.24) is 0 Å². The number of hydrogen-bond donors (Lipinski definition) is 1. The average molecular weight is 333 g/mol. The smallest absolute Gasteiger partial charge is 0.228 e. The Morgan fingerprint density at radius 2 is 2.19 bits per heavy atom. The van der Waals surface area contributed by atoms with Crippen molar-refractivity contribution < 1.29 is 17.9 Å². The summed E-state index contributed by atoms with van der Waals surface area (Å²) >= 11 is 5.97. The van der Waals surface area contributed by atoms with Crippen LogP contribution in [0.25, 0.3) is 0 Å². The third-order valence-electron chi connectivity index (χ3n) is 3.23. The lowest BCUT2D eigenvalue weighted by molar-refractivity contribution is -0.117. The Kier molecular flexibility index (Phi) is 4.75. The predicted molar refractivity (Wildman–Crippen MR) is 81.1 cm³/mol. The molecule has 1 unspecified atom stereocenters. The number of rotatable bonds is 5. The first-order valence-corrected chi connectivity index (χ1v) is 8.56. The molecule has 2 rings (SSSR count). The molecular weight excluding hydrogens is 316 g/mol. The highest BCUT2D eigenvalue weighted by atomic mass is 35.5. The number of primary sulfonamides is 1. The summed E-state index contributed by atoms with van der Waals surface area (Å²) in [6.45, 7) is 2.48.